The Morgan fingerprint density at radius 2 is 2.00 bits per heavy atom. The molecular formula is C17H29N3O2S. The van der Waals surface area contributed by atoms with Crippen molar-refractivity contribution in [3.8, 4) is 11.5 Å². The maximum Gasteiger partial charge on any atom is 0.195 e. The van der Waals surface area contributed by atoms with Crippen LogP contribution in [-0.2, 0) is 0 Å². The van der Waals surface area contributed by atoms with Crippen LogP contribution in [0, 0.1) is 0 Å². The molecule has 0 saturated carbocycles. The molecule has 130 valence electrons. The highest BCUT2D eigenvalue weighted by molar-refractivity contribution is 7.99. The van der Waals surface area contributed by atoms with E-state index in [2.05, 4.69) is 42.7 Å². The second kappa shape index (κ2) is 9.55. The van der Waals surface area contributed by atoms with E-state index in [9.17, 15) is 0 Å². The summed E-state index contributed by atoms with van der Waals surface area (Å²) >= 11 is 1.81. The quantitative estimate of drug-likeness (QED) is 0.560. The number of ether oxygens (including phenoxy) is 2. The molecule has 0 aliphatic carbocycles. The van der Waals surface area contributed by atoms with Gasteiger partial charge in [0, 0.05) is 23.0 Å². The van der Waals surface area contributed by atoms with Crippen LogP contribution in [-0.4, -0.2) is 43.8 Å². The van der Waals surface area contributed by atoms with Crippen molar-refractivity contribution in [1.29, 1.82) is 0 Å². The number of methoxy groups -OCH3 is 1. The Morgan fingerprint density at radius 1 is 1.26 bits per heavy atom. The number of aliphatic imine (C=N–C) groups is 1. The molecule has 0 amide bonds. The molecule has 5 nitrogen and oxygen atoms in total. The predicted octanol–water partition coefficient (Wildman–Crippen LogP) is 3.61. The van der Waals surface area contributed by atoms with Crippen LogP contribution in [0.3, 0.4) is 0 Å². The Morgan fingerprint density at radius 3 is 2.57 bits per heavy atom. The Balaban J connectivity index is 2.89. The second-order valence-corrected chi connectivity index (χ2v) is 7.10. The van der Waals surface area contributed by atoms with E-state index in [1.165, 1.54) is 0 Å². The summed E-state index contributed by atoms with van der Waals surface area (Å²) in [6.07, 6.45) is 2.10. The number of guanidine groups is 1. The number of benzene rings is 1. The van der Waals surface area contributed by atoms with E-state index in [1.54, 1.807) is 7.11 Å². The first kappa shape index (κ1) is 19.5. The number of rotatable bonds is 8. The number of thioether (sulfide) groups is 1. The zero-order chi connectivity index (χ0) is 17.3. The maximum atomic E-state index is 5.54. The molecular weight excluding hydrogens is 310 g/mol. The van der Waals surface area contributed by atoms with Crippen molar-refractivity contribution < 1.29 is 9.47 Å². The largest absolute Gasteiger partial charge is 0.493 e. The van der Waals surface area contributed by atoms with Gasteiger partial charge < -0.3 is 20.1 Å². The van der Waals surface area contributed by atoms with Gasteiger partial charge >= 0.3 is 0 Å². The summed E-state index contributed by atoms with van der Waals surface area (Å²) < 4.78 is 11.0. The lowest BCUT2D eigenvalue weighted by atomic mass is 10.2. The van der Waals surface area contributed by atoms with Crippen LogP contribution in [0.25, 0.3) is 0 Å². The first-order valence-electron chi connectivity index (χ1n) is 7.87. The van der Waals surface area contributed by atoms with Gasteiger partial charge in [0.15, 0.2) is 17.5 Å². The molecule has 6 heteroatoms. The van der Waals surface area contributed by atoms with Crippen molar-refractivity contribution >= 4 is 23.4 Å². The third-order valence-corrected chi connectivity index (χ3v) is 4.48. The molecule has 2 N–H and O–H groups in total. The Hall–Kier alpha value is -1.56. The van der Waals surface area contributed by atoms with Gasteiger partial charge in [-0.1, -0.05) is 0 Å². The minimum atomic E-state index is 0.110. The zero-order valence-electron chi connectivity index (χ0n) is 15.0. The number of hydrogen-bond donors (Lipinski definition) is 2. The highest BCUT2D eigenvalue weighted by atomic mass is 32.2. The number of nitrogens with zero attached hydrogens (tertiary/aromatic N) is 1. The van der Waals surface area contributed by atoms with Gasteiger partial charge in [0.2, 0.25) is 0 Å². The van der Waals surface area contributed by atoms with Gasteiger partial charge in [0.05, 0.1) is 20.3 Å². The molecule has 0 unspecified atom stereocenters. The SMILES string of the molecule is CCNC(=NCC(C)(C)SC)Nc1ccc(OCC)c(OC)c1. The second-order valence-electron chi connectivity index (χ2n) is 5.58. The van der Waals surface area contributed by atoms with Crippen molar-refractivity contribution in [2.75, 3.05) is 38.4 Å². The fourth-order valence-electron chi connectivity index (χ4n) is 1.80. The lowest BCUT2D eigenvalue weighted by Crippen LogP contribution is -2.32. The standard InChI is InChI=1S/C17H29N3O2S/c1-7-18-16(19-12-17(3,4)23-6)20-13-9-10-14(22-8-2)15(11-13)21-5/h9-11H,7-8,12H2,1-6H3,(H2,18,19,20). The summed E-state index contributed by atoms with van der Waals surface area (Å²) in [4.78, 5) is 4.67. The molecule has 0 fully saturated rings. The zero-order valence-corrected chi connectivity index (χ0v) is 15.8. The van der Waals surface area contributed by atoms with E-state index in [4.69, 9.17) is 9.47 Å². The van der Waals surface area contributed by atoms with Crippen molar-refractivity contribution in [2.24, 2.45) is 4.99 Å². The molecule has 0 atom stereocenters. The number of nitrogens with one attached hydrogen (secondary N) is 2. The summed E-state index contributed by atoms with van der Waals surface area (Å²) in [5.74, 6) is 2.21. The topological polar surface area (TPSA) is 54.9 Å². The molecule has 1 rings (SSSR count). The molecule has 0 heterocycles. The van der Waals surface area contributed by atoms with Crippen molar-refractivity contribution in [3.05, 3.63) is 18.2 Å². The minimum absolute atomic E-state index is 0.110. The summed E-state index contributed by atoms with van der Waals surface area (Å²) in [7, 11) is 1.64. The summed E-state index contributed by atoms with van der Waals surface area (Å²) in [6, 6.07) is 5.78. The van der Waals surface area contributed by atoms with Gasteiger partial charge in [-0.25, -0.2) is 0 Å². The highest BCUT2D eigenvalue weighted by Crippen LogP contribution is 2.30. The molecule has 0 saturated heterocycles. The average Bonchev–Trinajstić information content (AvgIpc) is 2.54. The van der Waals surface area contributed by atoms with Gasteiger partial charge in [-0.2, -0.15) is 11.8 Å². The van der Waals surface area contributed by atoms with E-state index in [-0.39, 0.29) is 4.75 Å². The third-order valence-electron chi connectivity index (χ3n) is 3.24. The fourth-order valence-corrected chi connectivity index (χ4v) is 1.99. The molecule has 0 spiro atoms. The molecule has 0 radical (unpaired) electrons. The van der Waals surface area contributed by atoms with Gasteiger partial charge in [-0.05, 0) is 46.1 Å². The van der Waals surface area contributed by atoms with E-state index in [0.29, 0.717) is 12.4 Å². The molecule has 0 bridgehead atoms. The molecule has 1 aromatic rings. The van der Waals surface area contributed by atoms with E-state index < -0.39 is 0 Å². The predicted molar refractivity (Wildman–Crippen MR) is 101 cm³/mol. The summed E-state index contributed by atoms with van der Waals surface area (Å²) in [5.41, 5.74) is 0.909. The van der Waals surface area contributed by atoms with E-state index >= 15 is 0 Å². The van der Waals surface area contributed by atoms with Crippen LogP contribution in [0.15, 0.2) is 23.2 Å². The number of anilines is 1. The van der Waals surface area contributed by atoms with Crippen LogP contribution in [0.5, 0.6) is 11.5 Å². The average molecular weight is 340 g/mol. The molecule has 0 aromatic heterocycles. The van der Waals surface area contributed by atoms with Gasteiger partial charge in [-0.3, -0.25) is 4.99 Å². The smallest absolute Gasteiger partial charge is 0.195 e. The summed E-state index contributed by atoms with van der Waals surface area (Å²) in [5, 5.41) is 6.58. The first-order valence-corrected chi connectivity index (χ1v) is 9.09. The normalized spacial score (nSPS) is 12.0. The van der Waals surface area contributed by atoms with Crippen molar-refractivity contribution in [1.82, 2.24) is 5.32 Å². The fraction of sp³-hybridized carbons (Fsp3) is 0.588. The number of hydrogen-bond acceptors (Lipinski definition) is 4. The lowest BCUT2D eigenvalue weighted by Gasteiger charge is -2.20. The van der Waals surface area contributed by atoms with Crippen molar-refractivity contribution in [3.63, 3.8) is 0 Å². The monoisotopic (exact) mass is 339 g/mol. The van der Waals surface area contributed by atoms with Gasteiger partial charge in [-0.15, -0.1) is 0 Å². The first-order chi connectivity index (χ1) is 11.0. The van der Waals surface area contributed by atoms with Crippen LogP contribution >= 0.6 is 11.8 Å². The Kier molecular flexibility index (Phi) is 8.09. The molecule has 1 aromatic carbocycles. The highest BCUT2D eigenvalue weighted by Gasteiger charge is 2.15. The van der Waals surface area contributed by atoms with Crippen molar-refractivity contribution in [2.45, 2.75) is 32.4 Å². The Labute approximate surface area is 144 Å². The summed E-state index contributed by atoms with van der Waals surface area (Å²) in [6.45, 7) is 10.5. The van der Waals surface area contributed by atoms with Crippen LogP contribution in [0.1, 0.15) is 27.7 Å². The van der Waals surface area contributed by atoms with Crippen LogP contribution in [0.2, 0.25) is 0 Å². The van der Waals surface area contributed by atoms with Crippen LogP contribution < -0.4 is 20.1 Å². The minimum Gasteiger partial charge on any atom is -0.493 e. The third kappa shape index (κ3) is 6.60. The lowest BCUT2D eigenvalue weighted by molar-refractivity contribution is 0.311. The molecule has 0 aliphatic heterocycles. The van der Waals surface area contributed by atoms with E-state index in [0.717, 1.165) is 30.5 Å². The van der Waals surface area contributed by atoms with Gasteiger partial charge in [0.1, 0.15) is 0 Å². The van der Waals surface area contributed by atoms with Gasteiger partial charge in [0.25, 0.3) is 0 Å². The van der Waals surface area contributed by atoms with Crippen LogP contribution in [0.4, 0.5) is 5.69 Å². The molecule has 0 aliphatic rings. The molecule has 23 heavy (non-hydrogen) atoms. The van der Waals surface area contributed by atoms with E-state index in [1.807, 2.05) is 36.9 Å². The maximum absolute atomic E-state index is 5.54. The Bertz CT molecular complexity index is 519.